The van der Waals surface area contributed by atoms with Crippen LogP contribution in [0.25, 0.3) is 0 Å². The van der Waals surface area contributed by atoms with E-state index in [4.69, 9.17) is 0 Å². The highest BCUT2D eigenvalue weighted by Crippen LogP contribution is 2.34. The van der Waals surface area contributed by atoms with Crippen LogP contribution < -0.4 is 10.9 Å². The van der Waals surface area contributed by atoms with Gasteiger partial charge in [0.15, 0.2) is 0 Å². The molecule has 24 heavy (non-hydrogen) atoms. The molecule has 1 amide bonds. The maximum atomic E-state index is 12.6. The highest BCUT2D eigenvalue weighted by molar-refractivity contribution is 5.96. The number of nitrogens with zero attached hydrogens (tertiary/aromatic N) is 1. The number of aryl methyl sites for hydroxylation is 1. The molecule has 0 aliphatic carbocycles. The molecule has 2 N–H and O–H groups in total. The number of nitrogens with one attached hydrogen (secondary N) is 2. The lowest BCUT2D eigenvalue weighted by Crippen LogP contribution is -2.30. The average Bonchev–Trinajstić information content (AvgIpc) is 2.51. The normalized spacial score (nSPS) is 11.0. The Bertz CT molecular complexity index is 791. The molecule has 9 heteroatoms. The van der Waals surface area contributed by atoms with Crippen molar-refractivity contribution in [2.45, 2.75) is 13.1 Å². The molecule has 0 heterocycles. The third kappa shape index (κ3) is 3.80. The molecule has 0 saturated heterocycles. The van der Waals surface area contributed by atoms with E-state index in [2.05, 4.69) is 10.9 Å². The van der Waals surface area contributed by atoms with Crippen LogP contribution in [0.2, 0.25) is 0 Å². The van der Waals surface area contributed by atoms with Gasteiger partial charge in [0.25, 0.3) is 11.6 Å². The molecule has 2 aromatic rings. The second kappa shape index (κ2) is 6.57. The van der Waals surface area contributed by atoms with Gasteiger partial charge in [-0.25, -0.2) is 0 Å². The molecule has 0 unspecified atom stereocenters. The summed E-state index contributed by atoms with van der Waals surface area (Å²) < 4.78 is 37.9. The van der Waals surface area contributed by atoms with Crippen molar-refractivity contribution in [1.82, 2.24) is 5.43 Å². The van der Waals surface area contributed by atoms with Crippen LogP contribution >= 0.6 is 0 Å². The highest BCUT2D eigenvalue weighted by Gasteiger charge is 2.33. The molecule has 6 nitrogen and oxygen atoms in total. The van der Waals surface area contributed by atoms with Crippen molar-refractivity contribution in [2.75, 3.05) is 5.43 Å². The topological polar surface area (TPSA) is 84.3 Å². The molecule has 2 rings (SSSR count). The summed E-state index contributed by atoms with van der Waals surface area (Å²) in [5.74, 6) is -0.567. The number of nitro benzene ring substituents is 1. The van der Waals surface area contributed by atoms with Crippen molar-refractivity contribution in [3.8, 4) is 0 Å². The minimum Gasteiger partial charge on any atom is -0.292 e. The van der Waals surface area contributed by atoms with Gasteiger partial charge in [0, 0.05) is 11.6 Å². The van der Waals surface area contributed by atoms with Gasteiger partial charge in [-0.3, -0.25) is 25.8 Å². The number of rotatable bonds is 4. The third-order valence-corrected chi connectivity index (χ3v) is 3.22. The number of alkyl halides is 3. The second-order valence-electron chi connectivity index (χ2n) is 4.88. The van der Waals surface area contributed by atoms with Gasteiger partial charge in [-0.15, -0.1) is 0 Å². The van der Waals surface area contributed by atoms with E-state index >= 15 is 0 Å². The zero-order valence-corrected chi connectivity index (χ0v) is 12.3. The highest BCUT2D eigenvalue weighted by atomic mass is 19.4. The fourth-order valence-corrected chi connectivity index (χ4v) is 1.98. The molecule has 0 aliphatic rings. The van der Waals surface area contributed by atoms with Crippen molar-refractivity contribution >= 4 is 17.3 Å². The van der Waals surface area contributed by atoms with Gasteiger partial charge in [0.1, 0.15) is 5.69 Å². The Hall–Kier alpha value is -3.10. The minimum atomic E-state index is -4.70. The zero-order chi connectivity index (χ0) is 17.9. The molecule has 126 valence electrons. The maximum Gasteiger partial charge on any atom is 0.416 e. The van der Waals surface area contributed by atoms with Crippen molar-refractivity contribution in [1.29, 1.82) is 0 Å². The summed E-state index contributed by atoms with van der Waals surface area (Å²) in [7, 11) is 0. The van der Waals surface area contributed by atoms with E-state index in [1.165, 1.54) is 0 Å². The predicted octanol–water partition coefficient (Wildman–Crippen LogP) is 3.68. The van der Waals surface area contributed by atoms with E-state index in [0.717, 1.165) is 6.07 Å². The number of carbonyl (C=O) groups is 1. The standard InChI is InChI=1S/C15H12F3N3O3/c1-9-4-2-3-5-11(9)14(22)20-19-12-7-6-10(15(16,17)18)8-13(12)21(23)24/h2-8,19H,1H3,(H,20,22). The van der Waals surface area contributed by atoms with Crippen LogP contribution in [0.3, 0.4) is 0 Å². The van der Waals surface area contributed by atoms with E-state index in [-0.39, 0.29) is 5.69 Å². The van der Waals surface area contributed by atoms with E-state index in [9.17, 15) is 28.1 Å². The van der Waals surface area contributed by atoms with Gasteiger partial charge in [-0.1, -0.05) is 18.2 Å². The molecule has 0 aliphatic heterocycles. The van der Waals surface area contributed by atoms with Crippen molar-refractivity contribution in [3.05, 3.63) is 69.3 Å². The van der Waals surface area contributed by atoms with E-state index in [0.29, 0.717) is 23.3 Å². The van der Waals surface area contributed by atoms with E-state index in [1.807, 2.05) is 0 Å². The minimum absolute atomic E-state index is 0.255. The molecule has 0 fully saturated rings. The molecule has 0 bridgehead atoms. The van der Waals surface area contributed by atoms with Crippen molar-refractivity contribution in [2.24, 2.45) is 0 Å². The fraction of sp³-hybridized carbons (Fsp3) is 0.133. The van der Waals surface area contributed by atoms with Crippen LogP contribution in [0.5, 0.6) is 0 Å². The SMILES string of the molecule is Cc1ccccc1C(=O)NNc1ccc(C(F)(F)F)cc1[N+](=O)[O-]. The average molecular weight is 339 g/mol. The summed E-state index contributed by atoms with van der Waals surface area (Å²) in [6.07, 6.45) is -4.70. The number of carbonyl (C=O) groups excluding carboxylic acids is 1. The van der Waals surface area contributed by atoms with E-state index in [1.54, 1.807) is 31.2 Å². The molecule has 0 spiro atoms. The lowest BCUT2D eigenvalue weighted by Gasteiger charge is -2.12. The first-order valence-corrected chi connectivity index (χ1v) is 6.68. The van der Waals surface area contributed by atoms with Gasteiger partial charge in [0.05, 0.1) is 10.5 Å². The summed E-state index contributed by atoms with van der Waals surface area (Å²) in [4.78, 5) is 22.0. The number of nitro groups is 1. The molecule has 2 aromatic carbocycles. The first-order valence-electron chi connectivity index (χ1n) is 6.68. The summed E-state index contributed by atoms with van der Waals surface area (Å²) in [5.41, 5.74) is 3.34. The molecule has 0 radical (unpaired) electrons. The van der Waals surface area contributed by atoms with Gasteiger partial charge in [-0.05, 0) is 30.7 Å². The Morgan fingerprint density at radius 2 is 1.83 bits per heavy atom. The zero-order valence-electron chi connectivity index (χ0n) is 12.3. The number of hydrogen-bond donors (Lipinski definition) is 2. The summed E-state index contributed by atoms with van der Waals surface area (Å²) in [5, 5.41) is 11.0. The van der Waals surface area contributed by atoms with Gasteiger partial charge in [0.2, 0.25) is 0 Å². The first kappa shape index (κ1) is 17.3. The Morgan fingerprint density at radius 3 is 2.42 bits per heavy atom. The summed E-state index contributed by atoms with van der Waals surface area (Å²) in [6, 6.07) is 8.61. The number of halogens is 3. The van der Waals surface area contributed by atoms with Gasteiger partial charge in [-0.2, -0.15) is 13.2 Å². The van der Waals surface area contributed by atoms with Crippen LogP contribution in [-0.4, -0.2) is 10.8 Å². The van der Waals surface area contributed by atoms with Crippen LogP contribution in [0.1, 0.15) is 21.5 Å². The number of hydrogen-bond acceptors (Lipinski definition) is 4. The monoisotopic (exact) mass is 339 g/mol. The molecular formula is C15H12F3N3O3. The third-order valence-electron chi connectivity index (χ3n) is 3.22. The van der Waals surface area contributed by atoms with Crippen molar-refractivity contribution < 1.29 is 22.9 Å². The molecule has 0 saturated carbocycles. The molecule has 0 atom stereocenters. The summed E-state index contributed by atoms with van der Waals surface area (Å²) >= 11 is 0. The second-order valence-corrected chi connectivity index (χ2v) is 4.88. The van der Waals surface area contributed by atoms with Gasteiger partial charge >= 0.3 is 6.18 Å². The number of hydrazine groups is 1. The van der Waals surface area contributed by atoms with Gasteiger partial charge < -0.3 is 0 Å². The quantitative estimate of drug-likeness (QED) is 0.657. The molecular weight excluding hydrogens is 327 g/mol. The smallest absolute Gasteiger partial charge is 0.292 e. The Labute approximate surface area is 134 Å². The summed E-state index contributed by atoms with van der Waals surface area (Å²) in [6.45, 7) is 1.70. The van der Waals surface area contributed by atoms with E-state index < -0.39 is 28.3 Å². The lowest BCUT2D eigenvalue weighted by molar-refractivity contribution is -0.384. The van der Waals surface area contributed by atoms with Crippen LogP contribution in [0.15, 0.2) is 42.5 Å². The Morgan fingerprint density at radius 1 is 1.17 bits per heavy atom. The Kier molecular flexibility index (Phi) is 4.72. The van der Waals surface area contributed by atoms with Crippen LogP contribution in [0, 0.1) is 17.0 Å². The largest absolute Gasteiger partial charge is 0.416 e. The number of anilines is 1. The fourth-order valence-electron chi connectivity index (χ4n) is 1.98. The number of benzene rings is 2. The lowest BCUT2D eigenvalue weighted by atomic mass is 10.1. The van der Waals surface area contributed by atoms with Crippen LogP contribution in [-0.2, 0) is 6.18 Å². The predicted molar refractivity (Wildman–Crippen MR) is 80.4 cm³/mol. The van der Waals surface area contributed by atoms with Crippen molar-refractivity contribution in [3.63, 3.8) is 0 Å². The maximum absolute atomic E-state index is 12.6. The number of amides is 1. The molecule has 0 aromatic heterocycles. The first-order chi connectivity index (χ1) is 11.2. The van der Waals surface area contributed by atoms with Crippen LogP contribution in [0.4, 0.5) is 24.5 Å². The Balaban J connectivity index is 2.22.